The second kappa shape index (κ2) is 10.1. The Labute approximate surface area is 180 Å². The molecule has 0 spiro atoms. The number of ether oxygens (including phenoxy) is 2. The van der Waals surface area contributed by atoms with Crippen molar-refractivity contribution in [2.24, 2.45) is 10.4 Å². The molecule has 166 valence electrons. The van der Waals surface area contributed by atoms with E-state index in [0.29, 0.717) is 45.6 Å². The smallest absolute Gasteiger partial charge is 0.416 e. The first kappa shape index (κ1) is 23.0. The number of nitrogens with zero attached hydrogens (tertiary/aromatic N) is 1. The van der Waals surface area contributed by atoms with Gasteiger partial charge in [0.2, 0.25) is 0 Å². The topological polar surface area (TPSA) is 47.9 Å². The quantitative estimate of drug-likeness (QED) is 0.437. The van der Waals surface area contributed by atoms with E-state index < -0.39 is 17.2 Å². The second-order valence-electron chi connectivity index (χ2n) is 7.61. The largest absolute Gasteiger partial charge is 0.466 e. The van der Waals surface area contributed by atoms with Gasteiger partial charge in [-0.2, -0.15) is 13.2 Å². The number of rotatable bonds is 7. The van der Waals surface area contributed by atoms with E-state index in [1.807, 2.05) is 24.3 Å². The van der Waals surface area contributed by atoms with Crippen molar-refractivity contribution in [1.82, 2.24) is 0 Å². The van der Waals surface area contributed by atoms with Gasteiger partial charge in [-0.25, -0.2) is 0 Å². The lowest BCUT2D eigenvalue weighted by Crippen LogP contribution is -2.41. The Morgan fingerprint density at radius 2 is 1.65 bits per heavy atom. The third kappa shape index (κ3) is 5.94. The molecule has 2 aromatic rings. The van der Waals surface area contributed by atoms with Crippen molar-refractivity contribution < 1.29 is 27.4 Å². The molecule has 2 aromatic carbocycles. The number of aliphatic imine (C=N–C) groups is 1. The summed E-state index contributed by atoms with van der Waals surface area (Å²) in [4.78, 5) is 16.9. The lowest BCUT2D eigenvalue weighted by Gasteiger charge is -2.33. The molecule has 0 amide bonds. The lowest BCUT2D eigenvalue weighted by atomic mass is 9.80. The molecule has 0 atom stereocenters. The van der Waals surface area contributed by atoms with Crippen LogP contribution in [0.15, 0.2) is 53.5 Å². The van der Waals surface area contributed by atoms with Gasteiger partial charge in [0, 0.05) is 25.8 Å². The van der Waals surface area contributed by atoms with E-state index in [4.69, 9.17) is 9.47 Å². The van der Waals surface area contributed by atoms with Gasteiger partial charge in [-0.05, 0) is 48.6 Å². The van der Waals surface area contributed by atoms with Crippen LogP contribution in [0.4, 0.5) is 13.2 Å². The summed E-state index contributed by atoms with van der Waals surface area (Å²) in [5.74, 6) is -0.212. The molecule has 0 unspecified atom stereocenters. The molecular formula is C24H26F3NO3. The van der Waals surface area contributed by atoms with Crippen molar-refractivity contribution in [2.45, 2.75) is 32.4 Å². The molecule has 0 N–H and O–H groups in total. The van der Waals surface area contributed by atoms with Crippen molar-refractivity contribution in [3.8, 4) is 11.1 Å². The van der Waals surface area contributed by atoms with Crippen LogP contribution in [0.25, 0.3) is 11.1 Å². The Kier molecular flexibility index (Phi) is 7.49. The third-order valence-corrected chi connectivity index (χ3v) is 5.51. The molecular weight excluding hydrogens is 407 g/mol. The van der Waals surface area contributed by atoms with Crippen LogP contribution in [-0.2, 0) is 26.9 Å². The van der Waals surface area contributed by atoms with E-state index >= 15 is 0 Å². The fourth-order valence-electron chi connectivity index (χ4n) is 3.57. The van der Waals surface area contributed by atoms with Crippen molar-refractivity contribution in [3.63, 3.8) is 0 Å². The average Bonchev–Trinajstić information content (AvgIpc) is 2.77. The van der Waals surface area contributed by atoms with Gasteiger partial charge in [0.1, 0.15) is 0 Å². The lowest BCUT2D eigenvalue weighted by molar-refractivity contribution is -0.160. The number of carbonyl (C=O) groups excluding carboxylic acids is 1. The van der Waals surface area contributed by atoms with E-state index in [2.05, 4.69) is 4.99 Å². The predicted molar refractivity (Wildman–Crippen MR) is 113 cm³/mol. The van der Waals surface area contributed by atoms with Crippen molar-refractivity contribution in [2.75, 3.05) is 26.4 Å². The van der Waals surface area contributed by atoms with Gasteiger partial charge >= 0.3 is 12.1 Å². The van der Waals surface area contributed by atoms with E-state index in [1.54, 1.807) is 13.1 Å². The number of esters is 1. The summed E-state index contributed by atoms with van der Waals surface area (Å²) in [7, 11) is 0. The summed E-state index contributed by atoms with van der Waals surface area (Å²) < 4.78 is 48.7. The molecule has 1 heterocycles. The van der Waals surface area contributed by atoms with Crippen LogP contribution < -0.4 is 0 Å². The van der Waals surface area contributed by atoms with Crippen LogP contribution in [0.1, 0.15) is 30.9 Å². The molecule has 7 heteroatoms. The number of carbonyl (C=O) groups is 1. The normalized spacial score (nSPS) is 16.4. The summed E-state index contributed by atoms with van der Waals surface area (Å²) in [6.07, 6.45) is -0.736. The van der Waals surface area contributed by atoms with Crippen LogP contribution >= 0.6 is 0 Å². The Morgan fingerprint density at radius 3 is 2.19 bits per heavy atom. The van der Waals surface area contributed by atoms with Gasteiger partial charge in [-0.3, -0.25) is 9.79 Å². The summed E-state index contributed by atoms with van der Waals surface area (Å²) in [5.41, 5.74) is 1.32. The first-order valence-electron chi connectivity index (χ1n) is 10.3. The number of hydrogen-bond acceptors (Lipinski definition) is 4. The minimum Gasteiger partial charge on any atom is -0.466 e. The highest BCUT2D eigenvalue weighted by atomic mass is 19.4. The predicted octanol–water partition coefficient (Wildman–Crippen LogP) is 5.35. The molecule has 1 saturated heterocycles. The molecule has 31 heavy (non-hydrogen) atoms. The zero-order chi connectivity index (χ0) is 22.3. The van der Waals surface area contributed by atoms with Crippen LogP contribution in [-0.4, -0.2) is 38.5 Å². The van der Waals surface area contributed by atoms with Gasteiger partial charge in [0.05, 0.1) is 24.1 Å². The van der Waals surface area contributed by atoms with Crippen LogP contribution in [0.2, 0.25) is 0 Å². The molecule has 4 nitrogen and oxygen atoms in total. The fraction of sp³-hybridized carbons (Fsp3) is 0.417. The van der Waals surface area contributed by atoms with E-state index in [-0.39, 0.29) is 5.97 Å². The van der Waals surface area contributed by atoms with Crippen molar-refractivity contribution in [1.29, 1.82) is 0 Å². The molecule has 1 aliphatic heterocycles. The van der Waals surface area contributed by atoms with Crippen molar-refractivity contribution in [3.05, 3.63) is 59.7 Å². The van der Waals surface area contributed by atoms with E-state index in [9.17, 15) is 18.0 Å². The summed E-state index contributed by atoms with van der Waals surface area (Å²) in [5, 5.41) is 0. The van der Waals surface area contributed by atoms with Crippen LogP contribution in [0.5, 0.6) is 0 Å². The minimum atomic E-state index is -4.34. The van der Waals surface area contributed by atoms with Gasteiger partial charge < -0.3 is 9.47 Å². The zero-order valence-electron chi connectivity index (χ0n) is 17.5. The highest BCUT2D eigenvalue weighted by Crippen LogP contribution is 2.33. The zero-order valence-corrected chi connectivity index (χ0v) is 17.5. The summed E-state index contributed by atoms with van der Waals surface area (Å²) in [6, 6.07) is 12.7. The molecule has 0 aromatic heterocycles. The number of alkyl halides is 3. The Bertz CT molecular complexity index is 884. The monoisotopic (exact) mass is 433 g/mol. The van der Waals surface area contributed by atoms with Crippen LogP contribution in [0, 0.1) is 5.41 Å². The molecule has 0 bridgehead atoms. The van der Waals surface area contributed by atoms with Gasteiger partial charge in [0.25, 0.3) is 0 Å². The standard InChI is InChI=1S/C24H26F3NO3/c1-2-31-22(29)23(12-15-30-16-13-23)17-28-14-11-18-3-5-19(6-4-18)20-7-9-21(10-8-20)24(25,26)27/h3-10,14H,2,11-13,15-17H2,1H3. The molecule has 3 rings (SSSR count). The van der Waals surface area contributed by atoms with Crippen LogP contribution in [0.3, 0.4) is 0 Å². The Balaban J connectivity index is 1.59. The number of benzene rings is 2. The Hall–Kier alpha value is -2.67. The van der Waals surface area contributed by atoms with E-state index in [1.165, 1.54) is 12.1 Å². The maximum atomic E-state index is 12.7. The maximum absolute atomic E-state index is 12.7. The highest BCUT2D eigenvalue weighted by Gasteiger charge is 2.41. The fourth-order valence-corrected chi connectivity index (χ4v) is 3.57. The molecule has 1 fully saturated rings. The molecule has 0 aliphatic carbocycles. The van der Waals surface area contributed by atoms with Gasteiger partial charge in [-0.1, -0.05) is 36.4 Å². The van der Waals surface area contributed by atoms with Gasteiger partial charge in [0.15, 0.2) is 0 Å². The third-order valence-electron chi connectivity index (χ3n) is 5.51. The Morgan fingerprint density at radius 1 is 1.06 bits per heavy atom. The summed E-state index contributed by atoms with van der Waals surface area (Å²) in [6.45, 7) is 3.57. The molecule has 0 saturated carbocycles. The molecule has 0 radical (unpaired) electrons. The highest BCUT2D eigenvalue weighted by molar-refractivity contribution is 5.77. The van der Waals surface area contributed by atoms with Gasteiger partial charge in [-0.15, -0.1) is 0 Å². The maximum Gasteiger partial charge on any atom is 0.416 e. The first-order valence-corrected chi connectivity index (χ1v) is 10.3. The SMILES string of the molecule is CCOC(=O)C1(CN=CCc2ccc(-c3ccc(C(F)(F)F)cc3)cc2)CCOCC1. The number of halogens is 3. The minimum absolute atomic E-state index is 0.212. The summed E-state index contributed by atoms with van der Waals surface area (Å²) >= 11 is 0. The van der Waals surface area contributed by atoms with E-state index in [0.717, 1.165) is 28.8 Å². The first-order chi connectivity index (χ1) is 14.8. The second-order valence-corrected chi connectivity index (χ2v) is 7.61. The average molecular weight is 433 g/mol. The number of hydrogen-bond donors (Lipinski definition) is 0. The molecule has 1 aliphatic rings. The van der Waals surface area contributed by atoms with Crippen molar-refractivity contribution >= 4 is 12.2 Å².